The fraction of sp³-hybridized carbons (Fsp3) is 0.370. The van der Waals surface area contributed by atoms with Crippen LogP contribution in [0.4, 0.5) is 16.4 Å². The lowest BCUT2D eigenvalue weighted by atomic mass is 9.69. The van der Waals surface area contributed by atoms with Gasteiger partial charge in [0.15, 0.2) is 0 Å². The Kier molecular flexibility index (Phi) is 5.96. The first-order valence-electron chi connectivity index (χ1n) is 11.9. The largest absolute Gasteiger partial charge is 0.350 e. The standard InChI is InChI=1S/C27H32N6O/c1-32(2)27(22-11-7-4-8-12-22)15-13-26(14-16-27)20-33(25(34)31-26)23-18-29-24(30-19-23)28-17-21-9-5-3-6-10-21/h3-12,18-19H,13-17,20H2,1-2H3,(H,31,34)(H,28,29,30). The van der Waals surface area contributed by atoms with Crippen molar-refractivity contribution in [1.29, 1.82) is 0 Å². The maximum Gasteiger partial charge on any atom is 0.322 e. The van der Waals surface area contributed by atoms with Gasteiger partial charge in [0.1, 0.15) is 0 Å². The van der Waals surface area contributed by atoms with E-state index in [1.807, 2.05) is 18.2 Å². The maximum absolute atomic E-state index is 12.9. The quantitative estimate of drug-likeness (QED) is 0.576. The van der Waals surface area contributed by atoms with Crippen LogP contribution in [-0.4, -0.2) is 47.1 Å². The minimum absolute atomic E-state index is 0.000159. The van der Waals surface area contributed by atoms with Crippen molar-refractivity contribution in [2.24, 2.45) is 0 Å². The number of urea groups is 1. The van der Waals surface area contributed by atoms with Gasteiger partial charge in [-0.25, -0.2) is 14.8 Å². The number of carbonyl (C=O) groups is 1. The van der Waals surface area contributed by atoms with Crippen LogP contribution in [0.5, 0.6) is 0 Å². The number of carbonyl (C=O) groups excluding carboxylic acids is 1. The zero-order chi connectivity index (χ0) is 23.6. The highest BCUT2D eigenvalue weighted by Crippen LogP contribution is 2.46. The van der Waals surface area contributed by atoms with E-state index in [1.54, 1.807) is 17.3 Å². The van der Waals surface area contributed by atoms with Crippen LogP contribution in [0.25, 0.3) is 0 Å². The highest BCUT2D eigenvalue weighted by Gasteiger charge is 2.50. The van der Waals surface area contributed by atoms with E-state index in [4.69, 9.17) is 0 Å². The molecule has 0 atom stereocenters. The molecular formula is C27H32N6O. The summed E-state index contributed by atoms with van der Waals surface area (Å²) in [6.45, 7) is 1.30. The minimum Gasteiger partial charge on any atom is -0.350 e. The SMILES string of the molecule is CN(C)C1(c2ccccc2)CCC2(CC1)CN(c1cnc(NCc3ccccc3)nc1)C(=O)N2. The van der Waals surface area contributed by atoms with Gasteiger partial charge >= 0.3 is 6.03 Å². The highest BCUT2D eigenvalue weighted by molar-refractivity contribution is 5.95. The van der Waals surface area contributed by atoms with Crippen molar-refractivity contribution in [2.75, 3.05) is 30.9 Å². The Morgan fingerprint density at radius 3 is 2.18 bits per heavy atom. The molecule has 1 saturated heterocycles. The molecule has 2 amide bonds. The summed E-state index contributed by atoms with van der Waals surface area (Å²) in [7, 11) is 4.32. The molecule has 34 heavy (non-hydrogen) atoms. The lowest BCUT2D eigenvalue weighted by molar-refractivity contribution is 0.0658. The van der Waals surface area contributed by atoms with Gasteiger partial charge in [0, 0.05) is 12.1 Å². The summed E-state index contributed by atoms with van der Waals surface area (Å²) in [5, 5.41) is 6.54. The molecule has 1 aromatic heterocycles. The second-order valence-corrected chi connectivity index (χ2v) is 9.69. The van der Waals surface area contributed by atoms with Crippen molar-refractivity contribution in [2.45, 2.75) is 43.3 Å². The molecule has 7 heteroatoms. The molecule has 1 aliphatic heterocycles. The van der Waals surface area contributed by atoms with E-state index in [1.165, 1.54) is 5.56 Å². The van der Waals surface area contributed by atoms with Crippen LogP contribution in [0.3, 0.4) is 0 Å². The lowest BCUT2D eigenvalue weighted by Gasteiger charge is -2.48. The van der Waals surface area contributed by atoms with Crippen molar-refractivity contribution in [3.05, 3.63) is 84.2 Å². The molecule has 5 rings (SSSR count). The van der Waals surface area contributed by atoms with Crippen LogP contribution in [0, 0.1) is 0 Å². The van der Waals surface area contributed by atoms with Crippen molar-refractivity contribution < 1.29 is 4.79 Å². The Morgan fingerprint density at radius 1 is 0.941 bits per heavy atom. The monoisotopic (exact) mass is 456 g/mol. The third-order valence-electron chi connectivity index (χ3n) is 7.52. The van der Waals surface area contributed by atoms with Crippen molar-refractivity contribution in [1.82, 2.24) is 20.2 Å². The molecule has 0 unspecified atom stereocenters. The topological polar surface area (TPSA) is 73.4 Å². The first kappa shape index (κ1) is 22.3. The number of hydrogen-bond donors (Lipinski definition) is 2. The molecule has 7 nitrogen and oxygen atoms in total. The summed E-state index contributed by atoms with van der Waals surface area (Å²) in [6.07, 6.45) is 7.32. The summed E-state index contributed by atoms with van der Waals surface area (Å²) in [6, 6.07) is 20.8. The fourth-order valence-electron chi connectivity index (χ4n) is 5.41. The zero-order valence-electron chi connectivity index (χ0n) is 19.9. The van der Waals surface area contributed by atoms with E-state index < -0.39 is 0 Å². The molecule has 2 aliphatic rings. The number of aromatic nitrogens is 2. The summed E-state index contributed by atoms with van der Waals surface area (Å²) in [5.41, 5.74) is 3.03. The van der Waals surface area contributed by atoms with E-state index in [2.05, 4.69) is 82.1 Å². The molecule has 2 N–H and O–H groups in total. The average molecular weight is 457 g/mol. The van der Waals surface area contributed by atoms with Crippen molar-refractivity contribution in [3.63, 3.8) is 0 Å². The van der Waals surface area contributed by atoms with E-state index in [0.29, 0.717) is 19.0 Å². The first-order valence-corrected chi connectivity index (χ1v) is 11.9. The molecule has 0 bridgehead atoms. The molecule has 1 aliphatic carbocycles. The Morgan fingerprint density at radius 2 is 1.56 bits per heavy atom. The van der Waals surface area contributed by atoms with Crippen LogP contribution < -0.4 is 15.5 Å². The van der Waals surface area contributed by atoms with Crippen molar-refractivity contribution in [3.8, 4) is 0 Å². The predicted octanol–water partition coefficient (Wildman–Crippen LogP) is 4.39. The van der Waals surface area contributed by atoms with Gasteiger partial charge in [0.2, 0.25) is 5.95 Å². The number of nitrogens with one attached hydrogen (secondary N) is 2. The molecular weight excluding hydrogens is 424 g/mol. The summed E-state index contributed by atoms with van der Waals surface area (Å²) in [5.74, 6) is 0.554. The first-order chi connectivity index (χ1) is 16.5. The predicted molar refractivity (Wildman–Crippen MR) is 135 cm³/mol. The number of amides is 2. The number of hydrogen-bond acceptors (Lipinski definition) is 5. The molecule has 1 spiro atoms. The van der Waals surface area contributed by atoms with Gasteiger partial charge in [0.25, 0.3) is 0 Å². The number of rotatable bonds is 6. The highest BCUT2D eigenvalue weighted by atomic mass is 16.2. The molecule has 1 saturated carbocycles. The second-order valence-electron chi connectivity index (χ2n) is 9.69. The number of nitrogens with zero attached hydrogens (tertiary/aromatic N) is 4. The zero-order valence-corrected chi connectivity index (χ0v) is 19.9. The van der Waals surface area contributed by atoms with Crippen LogP contribution in [-0.2, 0) is 12.1 Å². The summed E-state index contributed by atoms with van der Waals surface area (Å²) < 4.78 is 0. The van der Waals surface area contributed by atoms with E-state index in [-0.39, 0.29) is 17.1 Å². The normalized spacial score (nSPS) is 24.4. The van der Waals surface area contributed by atoms with Gasteiger partial charge in [-0.2, -0.15) is 0 Å². The van der Waals surface area contributed by atoms with Gasteiger partial charge < -0.3 is 10.6 Å². The van der Waals surface area contributed by atoms with Gasteiger partial charge in [-0.05, 0) is 50.9 Å². The maximum atomic E-state index is 12.9. The van der Waals surface area contributed by atoms with Gasteiger partial charge in [-0.3, -0.25) is 9.80 Å². The molecule has 2 aromatic carbocycles. The van der Waals surface area contributed by atoms with E-state index in [0.717, 1.165) is 36.9 Å². The fourth-order valence-corrected chi connectivity index (χ4v) is 5.41. The second kappa shape index (κ2) is 9.06. The van der Waals surface area contributed by atoms with Crippen LogP contribution in [0.2, 0.25) is 0 Å². The minimum atomic E-state index is -0.213. The van der Waals surface area contributed by atoms with Gasteiger partial charge in [0.05, 0.1) is 30.2 Å². The molecule has 0 radical (unpaired) electrons. The van der Waals surface area contributed by atoms with Crippen LogP contribution in [0.15, 0.2) is 73.1 Å². The summed E-state index contributed by atoms with van der Waals surface area (Å²) in [4.78, 5) is 26.0. The molecule has 2 heterocycles. The van der Waals surface area contributed by atoms with E-state index in [9.17, 15) is 4.79 Å². The third-order valence-corrected chi connectivity index (χ3v) is 7.52. The average Bonchev–Trinajstić information content (AvgIpc) is 3.20. The number of anilines is 2. The Bertz CT molecular complexity index is 1110. The third kappa shape index (κ3) is 4.23. The van der Waals surface area contributed by atoms with Crippen LogP contribution >= 0.6 is 0 Å². The Balaban J connectivity index is 1.25. The van der Waals surface area contributed by atoms with E-state index >= 15 is 0 Å². The Hall–Kier alpha value is -3.45. The summed E-state index contributed by atoms with van der Waals surface area (Å²) >= 11 is 0. The van der Waals surface area contributed by atoms with Gasteiger partial charge in [-0.1, -0.05) is 60.7 Å². The van der Waals surface area contributed by atoms with Gasteiger partial charge in [-0.15, -0.1) is 0 Å². The lowest BCUT2D eigenvalue weighted by Crippen LogP contribution is -2.54. The van der Waals surface area contributed by atoms with Crippen LogP contribution in [0.1, 0.15) is 36.8 Å². The molecule has 2 fully saturated rings. The smallest absolute Gasteiger partial charge is 0.322 e. The Labute approximate surface area is 201 Å². The number of benzene rings is 2. The molecule has 3 aromatic rings. The van der Waals surface area contributed by atoms with Crippen molar-refractivity contribution >= 4 is 17.7 Å². The molecule has 176 valence electrons.